The number of pyridine rings is 1. The average Bonchev–Trinajstić information content (AvgIpc) is 2.35. The van der Waals surface area contributed by atoms with Crippen LogP contribution in [-0.2, 0) is 4.79 Å². The molecule has 0 radical (unpaired) electrons. The first kappa shape index (κ1) is 12.3. The van der Waals surface area contributed by atoms with Crippen molar-refractivity contribution in [3.05, 3.63) is 23.6 Å². The molecule has 0 atom stereocenters. The minimum absolute atomic E-state index is 0.0446. The molecule has 1 fully saturated rings. The molecule has 7 heteroatoms. The largest absolute Gasteiger partial charge is 0.381 e. The normalized spacial score (nSPS) is 16.0. The summed E-state index contributed by atoms with van der Waals surface area (Å²) in [6.45, 7) is 0.770. The number of amides is 2. The SMILES string of the molecule is CN1CCN(C(=O)c2ccnc(N)c2F)CC1=O. The maximum atomic E-state index is 13.7. The number of carbonyl (C=O) groups is 2. The molecular weight excluding hydrogens is 239 g/mol. The number of piperazine rings is 1. The van der Waals surface area contributed by atoms with Gasteiger partial charge in [-0.2, -0.15) is 0 Å². The van der Waals surface area contributed by atoms with Crippen LogP contribution in [-0.4, -0.2) is 53.3 Å². The van der Waals surface area contributed by atoms with Crippen molar-refractivity contribution in [1.82, 2.24) is 14.8 Å². The molecule has 1 aromatic heterocycles. The predicted octanol–water partition coefficient (Wildman–Crippen LogP) is -0.283. The summed E-state index contributed by atoms with van der Waals surface area (Å²) in [6, 6.07) is 1.26. The lowest BCUT2D eigenvalue weighted by Gasteiger charge is -2.32. The Balaban J connectivity index is 2.22. The number of nitrogens with two attached hydrogens (primary N) is 1. The van der Waals surface area contributed by atoms with Crippen molar-refractivity contribution < 1.29 is 14.0 Å². The Morgan fingerprint density at radius 2 is 2.22 bits per heavy atom. The molecule has 0 unspecified atom stereocenters. The van der Waals surface area contributed by atoms with Crippen molar-refractivity contribution in [2.24, 2.45) is 0 Å². The molecule has 1 aromatic rings. The van der Waals surface area contributed by atoms with Gasteiger partial charge in [0.05, 0.1) is 5.56 Å². The van der Waals surface area contributed by atoms with Crippen molar-refractivity contribution in [1.29, 1.82) is 0 Å². The minimum atomic E-state index is -0.839. The summed E-state index contributed by atoms with van der Waals surface area (Å²) in [6.07, 6.45) is 1.27. The van der Waals surface area contributed by atoms with Gasteiger partial charge in [-0.3, -0.25) is 9.59 Å². The second-order valence-electron chi connectivity index (χ2n) is 4.10. The van der Waals surface area contributed by atoms with Crippen LogP contribution < -0.4 is 5.73 Å². The number of hydrogen-bond donors (Lipinski definition) is 1. The molecule has 2 N–H and O–H groups in total. The van der Waals surface area contributed by atoms with Gasteiger partial charge in [-0.15, -0.1) is 0 Å². The number of halogens is 1. The summed E-state index contributed by atoms with van der Waals surface area (Å²) < 4.78 is 13.7. The number of carbonyl (C=O) groups excluding carboxylic acids is 2. The van der Waals surface area contributed by atoms with Crippen LogP contribution in [0.3, 0.4) is 0 Å². The van der Waals surface area contributed by atoms with Gasteiger partial charge in [-0.1, -0.05) is 0 Å². The predicted molar refractivity (Wildman–Crippen MR) is 62.1 cm³/mol. The Hall–Kier alpha value is -2.18. The number of anilines is 1. The van der Waals surface area contributed by atoms with Crippen LogP contribution in [0, 0.1) is 5.82 Å². The van der Waals surface area contributed by atoms with Gasteiger partial charge in [-0.25, -0.2) is 9.37 Å². The quantitative estimate of drug-likeness (QED) is 0.745. The van der Waals surface area contributed by atoms with Crippen molar-refractivity contribution >= 4 is 17.6 Å². The lowest BCUT2D eigenvalue weighted by Crippen LogP contribution is -2.50. The summed E-state index contributed by atoms with van der Waals surface area (Å²) in [5, 5.41) is 0. The zero-order chi connectivity index (χ0) is 13.3. The zero-order valence-corrected chi connectivity index (χ0v) is 9.89. The summed E-state index contributed by atoms with van der Waals surface area (Å²) in [7, 11) is 1.66. The minimum Gasteiger partial charge on any atom is -0.381 e. The van der Waals surface area contributed by atoms with Gasteiger partial charge in [0, 0.05) is 26.3 Å². The van der Waals surface area contributed by atoms with E-state index in [4.69, 9.17) is 5.73 Å². The number of nitrogen functional groups attached to an aromatic ring is 1. The highest BCUT2D eigenvalue weighted by molar-refractivity contribution is 5.97. The van der Waals surface area contributed by atoms with E-state index in [1.54, 1.807) is 7.05 Å². The molecule has 6 nitrogen and oxygen atoms in total. The average molecular weight is 252 g/mol. The highest BCUT2D eigenvalue weighted by Crippen LogP contribution is 2.15. The molecule has 2 amide bonds. The Morgan fingerprint density at radius 1 is 1.50 bits per heavy atom. The number of aromatic nitrogens is 1. The Morgan fingerprint density at radius 3 is 2.89 bits per heavy atom. The molecule has 2 heterocycles. The van der Waals surface area contributed by atoms with Gasteiger partial charge in [0.25, 0.3) is 5.91 Å². The molecule has 2 rings (SSSR count). The van der Waals surface area contributed by atoms with Gasteiger partial charge in [-0.05, 0) is 6.07 Å². The summed E-state index contributed by atoms with van der Waals surface area (Å²) in [5.41, 5.74) is 5.15. The lowest BCUT2D eigenvalue weighted by molar-refractivity contribution is -0.133. The number of nitrogens with zero attached hydrogens (tertiary/aromatic N) is 3. The van der Waals surface area contributed by atoms with Crippen LogP contribution in [0.2, 0.25) is 0 Å². The smallest absolute Gasteiger partial charge is 0.257 e. The van der Waals surface area contributed by atoms with Gasteiger partial charge in [0.1, 0.15) is 6.54 Å². The van der Waals surface area contributed by atoms with E-state index in [2.05, 4.69) is 4.98 Å². The fourth-order valence-electron chi connectivity index (χ4n) is 1.73. The molecule has 1 saturated heterocycles. The third-order valence-electron chi connectivity index (χ3n) is 2.89. The molecule has 0 aliphatic carbocycles. The zero-order valence-electron chi connectivity index (χ0n) is 9.89. The summed E-state index contributed by atoms with van der Waals surface area (Å²) in [4.78, 5) is 29.9. The number of rotatable bonds is 1. The number of likely N-dealkylation sites (N-methyl/N-ethyl adjacent to an activating group) is 1. The Kier molecular flexibility index (Phi) is 3.14. The molecular formula is C11H13FN4O2. The van der Waals surface area contributed by atoms with Crippen LogP contribution in [0.15, 0.2) is 12.3 Å². The first-order valence-corrected chi connectivity index (χ1v) is 5.44. The lowest BCUT2D eigenvalue weighted by atomic mass is 10.2. The highest BCUT2D eigenvalue weighted by atomic mass is 19.1. The Bertz CT molecular complexity index is 506. The fraction of sp³-hybridized carbons (Fsp3) is 0.364. The number of hydrogen-bond acceptors (Lipinski definition) is 4. The third-order valence-corrected chi connectivity index (χ3v) is 2.89. The first-order valence-electron chi connectivity index (χ1n) is 5.44. The van der Waals surface area contributed by atoms with Crippen LogP contribution in [0.4, 0.5) is 10.2 Å². The van der Waals surface area contributed by atoms with Gasteiger partial charge in [0.15, 0.2) is 11.6 Å². The van der Waals surface area contributed by atoms with Crippen molar-refractivity contribution in [2.75, 3.05) is 32.4 Å². The van der Waals surface area contributed by atoms with Crippen LogP contribution in [0.5, 0.6) is 0 Å². The summed E-state index contributed by atoms with van der Waals surface area (Å²) >= 11 is 0. The standard InChI is InChI=1S/C11H13FN4O2/c1-15-4-5-16(6-8(15)17)11(18)7-2-3-14-10(13)9(7)12/h2-3H,4-6H2,1H3,(H2,13,14). The molecule has 0 saturated carbocycles. The van der Waals surface area contributed by atoms with Crippen molar-refractivity contribution in [3.63, 3.8) is 0 Å². The van der Waals surface area contributed by atoms with Crippen molar-refractivity contribution in [3.8, 4) is 0 Å². The summed E-state index contributed by atoms with van der Waals surface area (Å²) in [5.74, 6) is -1.87. The molecule has 0 aromatic carbocycles. The van der Waals surface area contributed by atoms with E-state index < -0.39 is 11.7 Å². The topological polar surface area (TPSA) is 79.5 Å². The highest BCUT2D eigenvalue weighted by Gasteiger charge is 2.27. The Labute approximate surface area is 103 Å². The first-order chi connectivity index (χ1) is 8.50. The van der Waals surface area contributed by atoms with E-state index in [0.717, 1.165) is 0 Å². The van der Waals surface area contributed by atoms with E-state index in [1.807, 2.05) is 0 Å². The molecule has 1 aliphatic heterocycles. The molecule has 1 aliphatic rings. The second kappa shape index (κ2) is 4.59. The monoisotopic (exact) mass is 252 g/mol. The van der Waals surface area contributed by atoms with Crippen molar-refractivity contribution in [2.45, 2.75) is 0 Å². The van der Waals surface area contributed by atoms with Crippen LogP contribution in [0.25, 0.3) is 0 Å². The van der Waals surface area contributed by atoms with Crippen LogP contribution >= 0.6 is 0 Å². The maximum absolute atomic E-state index is 13.7. The fourth-order valence-corrected chi connectivity index (χ4v) is 1.73. The van der Waals surface area contributed by atoms with Gasteiger partial charge >= 0.3 is 0 Å². The molecule has 18 heavy (non-hydrogen) atoms. The van der Waals surface area contributed by atoms with E-state index in [1.165, 1.54) is 22.1 Å². The van der Waals surface area contributed by atoms with E-state index >= 15 is 0 Å². The van der Waals surface area contributed by atoms with E-state index in [0.29, 0.717) is 13.1 Å². The van der Waals surface area contributed by atoms with Gasteiger partial charge in [0.2, 0.25) is 5.91 Å². The molecule has 0 spiro atoms. The third kappa shape index (κ3) is 2.11. The molecule has 96 valence electrons. The maximum Gasteiger partial charge on any atom is 0.257 e. The van der Waals surface area contributed by atoms with Crippen LogP contribution in [0.1, 0.15) is 10.4 Å². The van der Waals surface area contributed by atoms with Gasteiger partial charge < -0.3 is 15.5 Å². The van der Waals surface area contributed by atoms with E-state index in [9.17, 15) is 14.0 Å². The molecule has 0 bridgehead atoms. The second-order valence-corrected chi connectivity index (χ2v) is 4.10. The van der Waals surface area contributed by atoms with E-state index in [-0.39, 0.29) is 23.8 Å².